The second-order valence-electron chi connectivity index (χ2n) is 5.44. The molecule has 0 unspecified atom stereocenters. The quantitative estimate of drug-likeness (QED) is 0.846. The van der Waals surface area contributed by atoms with Gasteiger partial charge in [0, 0.05) is 58.2 Å². The van der Waals surface area contributed by atoms with Gasteiger partial charge in [0.25, 0.3) is 0 Å². The van der Waals surface area contributed by atoms with Gasteiger partial charge in [-0.25, -0.2) is 4.98 Å². The highest BCUT2D eigenvalue weighted by Crippen LogP contribution is 2.13. The van der Waals surface area contributed by atoms with E-state index in [0.29, 0.717) is 0 Å². The molecule has 110 valence electrons. The molecule has 0 saturated carbocycles. The summed E-state index contributed by atoms with van der Waals surface area (Å²) in [5.41, 5.74) is 1.22. The van der Waals surface area contributed by atoms with E-state index in [1.54, 1.807) is 17.7 Å². The molecule has 2 aromatic heterocycles. The molecule has 0 aromatic carbocycles. The average Bonchev–Trinajstić information content (AvgIpc) is 2.53. The molecule has 2 aromatic rings. The molecule has 1 fully saturated rings. The molecule has 1 saturated heterocycles. The molecular weight excluding hydrogens is 264 g/mol. The predicted molar refractivity (Wildman–Crippen MR) is 83.4 cm³/mol. The molecule has 0 radical (unpaired) electrons. The molecule has 5 nitrogen and oxygen atoms in total. The summed E-state index contributed by atoms with van der Waals surface area (Å²) in [5.74, 6) is 1.05. The van der Waals surface area contributed by atoms with Gasteiger partial charge < -0.3 is 9.47 Å². The van der Waals surface area contributed by atoms with E-state index in [4.69, 9.17) is 0 Å². The fourth-order valence-corrected chi connectivity index (χ4v) is 2.68. The van der Waals surface area contributed by atoms with E-state index in [1.165, 1.54) is 5.56 Å². The normalized spacial score (nSPS) is 16.1. The zero-order valence-corrected chi connectivity index (χ0v) is 12.3. The second kappa shape index (κ2) is 6.10. The summed E-state index contributed by atoms with van der Waals surface area (Å²) in [6, 6.07) is 9.59. The zero-order valence-electron chi connectivity index (χ0n) is 12.3. The largest absolute Gasteiger partial charge is 0.354 e. The van der Waals surface area contributed by atoms with Gasteiger partial charge in [0.1, 0.15) is 5.82 Å². The summed E-state index contributed by atoms with van der Waals surface area (Å²) in [7, 11) is 1.80. The van der Waals surface area contributed by atoms with Crippen molar-refractivity contribution in [1.29, 1.82) is 0 Å². The minimum atomic E-state index is 0.0405. The Kier molecular flexibility index (Phi) is 4.01. The predicted octanol–water partition coefficient (Wildman–Crippen LogP) is 1.10. The summed E-state index contributed by atoms with van der Waals surface area (Å²) in [5, 5.41) is 0. The molecule has 0 spiro atoms. The van der Waals surface area contributed by atoms with Crippen LogP contribution < -0.4 is 10.5 Å². The van der Waals surface area contributed by atoms with Gasteiger partial charge in [-0.15, -0.1) is 0 Å². The van der Waals surface area contributed by atoms with E-state index >= 15 is 0 Å². The molecular formula is C16H20N4O. The third-order valence-corrected chi connectivity index (χ3v) is 3.90. The first-order chi connectivity index (χ1) is 10.2. The summed E-state index contributed by atoms with van der Waals surface area (Å²) < 4.78 is 1.64. The lowest BCUT2D eigenvalue weighted by Gasteiger charge is -2.35. The van der Waals surface area contributed by atoms with Crippen LogP contribution in [0.1, 0.15) is 5.56 Å². The standard InChI is InChI=1S/C16H20N4O/c1-18-12-14(5-6-16(18)21)13-19-8-10-20(11-9-19)15-4-2-3-7-17-15/h2-7,12H,8-11,13H2,1H3. The van der Waals surface area contributed by atoms with Gasteiger partial charge in [-0.2, -0.15) is 0 Å². The van der Waals surface area contributed by atoms with Crippen LogP contribution in [0, 0.1) is 0 Å². The van der Waals surface area contributed by atoms with Crippen molar-refractivity contribution in [3.63, 3.8) is 0 Å². The highest BCUT2D eigenvalue weighted by atomic mass is 16.1. The van der Waals surface area contributed by atoms with Crippen LogP contribution in [0.15, 0.2) is 47.5 Å². The molecule has 0 atom stereocenters. The molecule has 21 heavy (non-hydrogen) atoms. The summed E-state index contributed by atoms with van der Waals surface area (Å²) in [6.07, 6.45) is 3.76. The maximum absolute atomic E-state index is 11.4. The van der Waals surface area contributed by atoms with Crippen LogP contribution in [0.25, 0.3) is 0 Å². The molecule has 3 rings (SSSR count). The number of rotatable bonds is 3. The Bertz CT molecular complexity index is 645. The molecule has 3 heterocycles. The van der Waals surface area contributed by atoms with E-state index in [2.05, 4.69) is 20.9 Å². The number of anilines is 1. The van der Waals surface area contributed by atoms with Crippen molar-refractivity contribution in [2.75, 3.05) is 31.1 Å². The number of aromatic nitrogens is 2. The Morgan fingerprint density at radius 1 is 1.10 bits per heavy atom. The van der Waals surface area contributed by atoms with E-state index in [1.807, 2.05) is 30.6 Å². The molecule has 0 aliphatic carbocycles. The van der Waals surface area contributed by atoms with Gasteiger partial charge in [0.2, 0.25) is 5.56 Å². The van der Waals surface area contributed by atoms with Gasteiger partial charge in [-0.05, 0) is 17.7 Å². The number of piperazine rings is 1. The van der Waals surface area contributed by atoms with Gasteiger partial charge in [-0.3, -0.25) is 9.69 Å². The van der Waals surface area contributed by atoms with Crippen molar-refractivity contribution < 1.29 is 0 Å². The van der Waals surface area contributed by atoms with Crippen molar-refractivity contribution in [3.8, 4) is 0 Å². The van der Waals surface area contributed by atoms with Gasteiger partial charge >= 0.3 is 0 Å². The molecule has 1 aliphatic rings. The Labute approximate surface area is 124 Å². The lowest BCUT2D eigenvalue weighted by atomic mass is 10.2. The van der Waals surface area contributed by atoms with Crippen LogP contribution in [-0.4, -0.2) is 40.6 Å². The molecule has 0 N–H and O–H groups in total. The summed E-state index contributed by atoms with van der Waals surface area (Å²) in [4.78, 5) is 20.5. The number of hydrogen-bond donors (Lipinski definition) is 0. The fraction of sp³-hybridized carbons (Fsp3) is 0.375. The Morgan fingerprint density at radius 3 is 2.57 bits per heavy atom. The maximum atomic E-state index is 11.4. The van der Waals surface area contributed by atoms with Gasteiger partial charge in [-0.1, -0.05) is 12.1 Å². The van der Waals surface area contributed by atoms with Gasteiger partial charge in [0.05, 0.1) is 0 Å². The first kappa shape index (κ1) is 13.8. The molecule has 0 bridgehead atoms. The monoisotopic (exact) mass is 284 g/mol. The summed E-state index contributed by atoms with van der Waals surface area (Å²) >= 11 is 0. The molecule has 5 heteroatoms. The Balaban J connectivity index is 1.58. The highest BCUT2D eigenvalue weighted by Gasteiger charge is 2.17. The second-order valence-corrected chi connectivity index (χ2v) is 5.44. The average molecular weight is 284 g/mol. The minimum absolute atomic E-state index is 0.0405. The third-order valence-electron chi connectivity index (χ3n) is 3.90. The van der Waals surface area contributed by atoms with Crippen LogP contribution in [-0.2, 0) is 13.6 Å². The first-order valence-electron chi connectivity index (χ1n) is 7.26. The number of hydrogen-bond acceptors (Lipinski definition) is 4. The molecule has 1 aliphatic heterocycles. The lowest BCUT2D eigenvalue weighted by molar-refractivity contribution is 0.249. The fourth-order valence-electron chi connectivity index (χ4n) is 2.68. The number of aryl methyl sites for hydroxylation is 1. The molecule has 0 amide bonds. The maximum Gasteiger partial charge on any atom is 0.250 e. The summed E-state index contributed by atoms with van der Waals surface area (Å²) in [6.45, 7) is 4.90. The van der Waals surface area contributed by atoms with Crippen LogP contribution >= 0.6 is 0 Å². The van der Waals surface area contributed by atoms with Crippen molar-refractivity contribution in [2.24, 2.45) is 7.05 Å². The van der Waals surface area contributed by atoms with Crippen LogP contribution in [0.5, 0.6) is 0 Å². The lowest BCUT2D eigenvalue weighted by Crippen LogP contribution is -2.46. The first-order valence-corrected chi connectivity index (χ1v) is 7.26. The highest BCUT2D eigenvalue weighted by molar-refractivity contribution is 5.38. The van der Waals surface area contributed by atoms with E-state index in [-0.39, 0.29) is 5.56 Å². The van der Waals surface area contributed by atoms with E-state index < -0.39 is 0 Å². The topological polar surface area (TPSA) is 41.4 Å². The van der Waals surface area contributed by atoms with Crippen molar-refractivity contribution >= 4 is 5.82 Å². The Morgan fingerprint density at radius 2 is 1.90 bits per heavy atom. The van der Waals surface area contributed by atoms with Crippen molar-refractivity contribution in [3.05, 3.63) is 58.6 Å². The van der Waals surface area contributed by atoms with Crippen molar-refractivity contribution in [1.82, 2.24) is 14.5 Å². The Hall–Kier alpha value is -2.14. The van der Waals surface area contributed by atoms with Crippen LogP contribution in [0.2, 0.25) is 0 Å². The number of pyridine rings is 2. The van der Waals surface area contributed by atoms with E-state index in [9.17, 15) is 4.79 Å². The third kappa shape index (κ3) is 3.31. The minimum Gasteiger partial charge on any atom is -0.354 e. The smallest absolute Gasteiger partial charge is 0.250 e. The zero-order chi connectivity index (χ0) is 14.7. The van der Waals surface area contributed by atoms with Crippen LogP contribution in [0.3, 0.4) is 0 Å². The van der Waals surface area contributed by atoms with Crippen LogP contribution in [0.4, 0.5) is 5.82 Å². The van der Waals surface area contributed by atoms with Crippen molar-refractivity contribution in [2.45, 2.75) is 6.54 Å². The van der Waals surface area contributed by atoms with Gasteiger partial charge in [0.15, 0.2) is 0 Å². The number of nitrogens with zero attached hydrogens (tertiary/aromatic N) is 4. The van der Waals surface area contributed by atoms with E-state index in [0.717, 1.165) is 38.5 Å². The SMILES string of the molecule is Cn1cc(CN2CCN(c3ccccn3)CC2)ccc1=O.